The van der Waals surface area contributed by atoms with Crippen molar-refractivity contribution in [2.24, 2.45) is 5.14 Å². The van der Waals surface area contributed by atoms with E-state index >= 15 is 0 Å². The molecule has 0 spiro atoms. The summed E-state index contributed by atoms with van der Waals surface area (Å²) in [6.07, 6.45) is 4.07. The fraction of sp³-hybridized carbons (Fsp3) is 0.421. The molecule has 0 unspecified atom stereocenters. The first-order chi connectivity index (χ1) is 13.8. The van der Waals surface area contributed by atoms with Crippen molar-refractivity contribution in [2.45, 2.75) is 24.3 Å². The number of rotatable bonds is 4. The van der Waals surface area contributed by atoms with Crippen molar-refractivity contribution in [2.75, 3.05) is 42.5 Å². The number of aromatic nitrogens is 2. The van der Waals surface area contributed by atoms with Crippen LogP contribution in [0.1, 0.15) is 12.5 Å². The average Bonchev–Trinajstić information content (AvgIpc) is 3.03. The lowest BCUT2D eigenvalue weighted by molar-refractivity contribution is -0.120. The van der Waals surface area contributed by atoms with Gasteiger partial charge >= 0.3 is 0 Å². The number of primary sulfonamides is 1. The number of nitrogens with two attached hydrogens (primary N) is 1. The Morgan fingerprint density at radius 2 is 1.86 bits per heavy atom. The van der Waals surface area contributed by atoms with E-state index in [1.807, 2.05) is 6.92 Å². The Labute approximate surface area is 170 Å². The summed E-state index contributed by atoms with van der Waals surface area (Å²) in [5.41, 5.74) is 1.61. The number of fused-ring (bicyclic) bond motifs is 1. The van der Waals surface area contributed by atoms with Gasteiger partial charge in [-0.05, 0) is 43.2 Å². The van der Waals surface area contributed by atoms with Gasteiger partial charge in [0.25, 0.3) is 0 Å². The van der Waals surface area contributed by atoms with Crippen LogP contribution in [-0.2, 0) is 21.2 Å². The van der Waals surface area contributed by atoms with Gasteiger partial charge in [0.1, 0.15) is 0 Å². The van der Waals surface area contributed by atoms with Crippen molar-refractivity contribution in [3.05, 3.63) is 42.2 Å². The molecule has 2 aromatic rings. The lowest BCUT2D eigenvalue weighted by Gasteiger charge is -2.35. The van der Waals surface area contributed by atoms with Gasteiger partial charge in [0, 0.05) is 50.3 Å². The third-order valence-electron chi connectivity index (χ3n) is 5.43. The van der Waals surface area contributed by atoms with Gasteiger partial charge in [-0.2, -0.15) is 0 Å². The molecular formula is C19H24N6O3S. The summed E-state index contributed by atoms with van der Waals surface area (Å²) in [7, 11) is -3.76. The predicted molar refractivity (Wildman–Crippen MR) is 109 cm³/mol. The predicted octanol–water partition coefficient (Wildman–Crippen LogP) is 0.224. The van der Waals surface area contributed by atoms with E-state index in [0.717, 1.165) is 37.4 Å². The van der Waals surface area contributed by atoms with Crippen molar-refractivity contribution in [1.29, 1.82) is 0 Å². The minimum atomic E-state index is -3.76. The average molecular weight is 417 g/mol. The van der Waals surface area contributed by atoms with Crippen molar-refractivity contribution < 1.29 is 13.2 Å². The lowest BCUT2D eigenvalue weighted by atomic mass is 10.1. The van der Waals surface area contributed by atoms with Crippen LogP contribution in [0.5, 0.6) is 0 Å². The number of carbonyl (C=O) groups is 1. The van der Waals surface area contributed by atoms with E-state index in [1.54, 1.807) is 35.5 Å². The summed E-state index contributed by atoms with van der Waals surface area (Å²) in [6, 6.07) is 6.49. The van der Waals surface area contributed by atoms with Crippen molar-refractivity contribution in [3.63, 3.8) is 0 Å². The fourth-order valence-electron chi connectivity index (χ4n) is 3.99. The maximum Gasteiger partial charge on any atom is 0.241 e. The molecule has 0 saturated carbocycles. The quantitative estimate of drug-likeness (QED) is 0.759. The molecule has 0 bridgehead atoms. The third kappa shape index (κ3) is 4.09. The van der Waals surface area contributed by atoms with Gasteiger partial charge in [-0.1, -0.05) is 0 Å². The number of amides is 1. The molecule has 2 N–H and O–H groups in total. The molecule has 2 aliphatic rings. The van der Waals surface area contributed by atoms with Crippen LogP contribution in [0.25, 0.3) is 0 Å². The number of benzene rings is 1. The van der Waals surface area contributed by atoms with Gasteiger partial charge in [-0.25, -0.2) is 23.5 Å². The summed E-state index contributed by atoms with van der Waals surface area (Å²) in [5.74, 6) is 0.732. The zero-order chi connectivity index (χ0) is 20.6. The molecular weight excluding hydrogens is 392 g/mol. The van der Waals surface area contributed by atoms with Gasteiger partial charge in [0.15, 0.2) is 0 Å². The molecule has 4 rings (SSSR count). The van der Waals surface area contributed by atoms with Crippen LogP contribution < -0.4 is 14.9 Å². The zero-order valence-electron chi connectivity index (χ0n) is 16.2. The largest absolute Gasteiger partial charge is 0.338 e. The zero-order valence-corrected chi connectivity index (χ0v) is 17.0. The maximum absolute atomic E-state index is 13.0. The van der Waals surface area contributed by atoms with E-state index in [2.05, 4.69) is 19.8 Å². The highest BCUT2D eigenvalue weighted by molar-refractivity contribution is 7.89. The van der Waals surface area contributed by atoms with Crippen LogP contribution in [0.3, 0.4) is 0 Å². The summed E-state index contributed by atoms with van der Waals surface area (Å²) in [4.78, 5) is 27.7. The second kappa shape index (κ2) is 7.69. The summed E-state index contributed by atoms with van der Waals surface area (Å²) in [6.45, 7) is 5.33. The van der Waals surface area contributed by atoms with Gasteiger partial charge in [-0.3, -0.25) is 9.69 Å². The Hall–Kier alpha value is -2.56. The summed E-state index contributed by atoms with van der Waals surface area (Å²) < 4.78 is 23.2. The highest BCUT2D eigenvalue weighted by Crippen LogP contribution is 2.33. The second-order valence-corrected chi connectivity index (χ2v) is 9.03. The number of carbonyl (C=O) groups excluding carboxylic acids is 1. The number of sulfonamides is 1. The molecule has 1 saturated heterocycles. The van der Waals surface area contributed by atoms with Crippen molar-refractivity contribution >= 4 is 27.6 Å². The van der Waals surface area contributed by atoms with Crippen LogP contribution in [0, 0.1) is 0 Å². The van der Waals surface area contributed by atoms with Gasteiger partial charge in [0.2, 0.25) is 21.9 Å². The Balaban J connectivity index is 1.41. The van der Waals surface area contributed by atoms with E-state index in [1.165, 1.54) is 6.07 Å². The molecule has 154 valence electrons. The van der Waals surface area contributed by atoms with Crippen LogP contribution >= 0.6 is 0 Å². The summed E-state index contributed by atoms with van der Waals surface area (Å²) >= 11 is 0. The Bertz CT molecular complexity index is 1010. The minimum Gasteiger partial charge on any atom is -0.338 e. The molecule has 29 heavy (non-hydrogen) atoms. The number of hydrogen-bond acceptors (Lipinski definition) is 7. The molecule has 1 atom stereocenters. The highest BCUT2D eigenvalue weighted by Gasteiger charge is 2.33. The standard InChI is InChI=1S/C19H24N6O3S/c1-14-11-15-12-16(29(20,27)28)3-4-17(15)25(14)18(26)13-23-7-9-24(10-8-23)19-21-5-2-6-22-19/h2-6,12,14H,7-11,13H2,1H3,(H2,20,27,28)/t14-/m0/s1. The van der Waals surface area contributed by atoms with Gasteiger partial charge < -0.3 is 9.80 Å². The number of nitrogens with zero attached hydrogens (tertiary/aromatic N) is 5. The third-order valence-corrected chi connectivity index (χ3v) is 6.34. The molecule has 1 fully saturated rings. The van der Waals surface area contributed by atoms with E-state index in [-0.39, 0.29) is 16.8 Å². The molecule has 10 heteroatoms. The van der Waals surface area contributed by atoms with Crippen molar-refractivity contribution in [3.8, 4) is 0 Å². The Morgan fingerprint density at radius 3 is 2.52 bits per heavy atom. The SMILES string of the molecule is C[C@H]1Cc2cc(S(N)(=O)=O)ccc2N1C(=O)CN1CCN(c2ncccn2)CC1. The Kier molecular flexibility index (Phi) is 5.24. The van der Waals surface area contributed by atoms with Gasteiger partial charge in [-0.15, -0.1) is 0 Å². The van der Waals surface area contributed by atoms with Crippen molar-refractivity contribution in [1.82, 2.24) is 14.9 Å². The first-order valence-electron chi connectivity index (χ1n) is 9.55. The number of piperazine rings is 1. The van der Waals surface area contributed by atoms with Crippen LogP contribution in [0.4, 0.5) is 11.6 Å². The number of anilines is 2. The van der Waals surface area contributed by atoms with Crippen LogP contribution in [0.2, 0.25) is 0 Å². The molecule has 3 heterocycles. The fourth-order valence-corrected chi connectivity index (χ4v) is 4.56. The van der Waals surface area contributed by atoms with E-state index < -0.39 is 10.0 Å². The van der Waals surface area contributed by atoms with Gasteiger partial charge in [0.05, 0.1) is 11.4 Å². The topological polar surface area (TPSA) is 113 Å². The van der Waals surface area contributed by atoms with E-state index in [0.29, 0.717) is 18.9 Å². The van der Waals surface area contributed by atoms with Crippen LogP contribution in [0.15, 0.2) is 41.6 Å². The first kappa shape index (κ1) is 19.7. The van der Waals surface area contributed by atoms with Crippen LogP contribution in [-0.4, -0.2) is 68.0 Å². The molecule has 2 aliphatic heterocycles. The first-order valence-corrected chi connectivity index (χ1v) is 11.1. The van der Waals surface area contributed by atoms with E-state index in [4.69, 9.17) is 5.14 Å². The summed E-state index contributed by atoms with van der Waals surface area (Å²) in [5, 5.41) is 5.23. The Morgan fingerprint density at radius 1 is 1.17 bits per heavy atom. The molecule has 0 radical (unpaired) electrons. The van der Waals surface area contributed by atoms with E-state index in [9.17, 15) is 13.2 Å². The molecule has 1 aromatic heterocycles. The minimum absolute atomic E-state index is 0.0176. The molecule has 9 nitrogen and oxygen atoms in total. The molecule has 1 aromatic carbocycles. The molecule has 1 amide bonds. The molecule has 0 aliphatic carbocycles. The smallest absolute Gasteiger partial charge is 0.241 e. The maximum atomic E-state index is 13.0. The monoisotopic (exact) mass is 416 g/mol. The normalized spacial score (nSPS) is 20.0. The second-order valence-electron chi connectivity index (χ2n) is 7.46. The lowest BCUT2D eigenvalue weighted by Crippen LogP contribution is -2.51. The highest BCUT2D eigenvalue weighted by atomic mass is 32.2. The number of hydrogen-bond donors (Lipinski definition) is 1.